The third-order valence-electron chi connectivity index (χ3n) is 2.05. The Morgan fingerprint density at radius 2 is 2.33 bits per heavy atom. The smallest absolute Gasteiger partial charge is 0.441 e. The maximum absolute atomic E-state index is 11.1. The summed E-state index contributed by atoms with van der Waals surface area (Å²) in [5.41, 5.74) is 6.50. The SMILES string of the molecule is CCOC(=O)NC(N)=[NH+]c1nc2ccccc2s1. The molecule has 1 aromatic heterocycles. The van der Waals surface area contributed by atoms with Gasteiger partial charge in [-0.3, -0.25) is 0 Å². The predicted octanol–water partition coefficient (Wildman–Crippen LogP) is 0.0692. The van der Waals surface area contributed by atoms with E-state index in [0.29, 0.717) is 11.7 Å². The number of benzene rings is 1. The van der Waals surface area contributed by atoms with Gasteiger partial charge in [0.2, 0.25) is 0 Å². The van der Waals surface area contributed by atoms with Gasteiger partial charge in [-0.1, -0.05) is 23.5 Å². The fourth-order valence-corrected chi connectivity index (χ4v) is 2.23. The van der Waals surface area contributed by atoms with Crippen LogP contribution in [-0.4, -0.2) is 23.6 Å². The van der Waals surface area contributed by atoms with Crippen molar-refractivity contribution in [1.29, 1.82) is 0 Å². The van der Waals surface area contributed by atoms with Crippen LogP contribution in [-0.2, 0) is 4.74 Å². The number of thiazole rings is 1. The third kappa shape index (κ3) is 2.95. The quantitative estimate of drug-likeness (QED) is 0.529. The number of hydrogen-bond acceptors (Lipinski definition) is 4. The largest absolute Gasteiger partial charge is 0.460 e. The number of aromatic nitrogens is 1. The van der Waals surface area contributed by atoms with E-state index >= 15 is 0 Å². The summed E-state index contributed by atoms with van der Waals surface area (Å²) < 4.78 is 5.75. The Morgan fingerprint density at radius 3 is 3.06 bits per heavy atom. The van der Waals surface area contributed by atoms with Crippen molar-refractivity contribution in [3.05, 3.63) is 24.3 Å². The molecule has 0 bridgehead atoms. The van der Waals surface area contributed by atoms with E-state index in [9.17, 15) is 4.79 Å². The molecule has 0 unspecified atom stereocenters. The van der Waals surface area contributed by atoms with E-state index in [1.54, 1.807) is 6.92 Å². The molecule has 0 saturated carbocycles. The number of guanidine groups is 1. The highest BCUT2D eigenvalue weighted by molar-refractivity contribution is 7.21. The number of carbonyl (C=O) groups is 1. The Kier molecular flexibility index (Phi) is 3.73. The van der Waals surface area contributed by atoms with Crippen LogP contribution in [0.15, 0.2) is 24.3 Å². The molecule has 6 nitrogen and oxygen atoms in total. The number of carbonyl (C=O) groups excluding carboxylic acids is 1. The zero-order valence-electron chi connectivity index (χ0n) is 9.77. The van der Waals surface area contributed by atoms with Crippen molar-refractivity contribution in [1.82, 2.24) is 10.3 Å². The normalized spacial score (nSPS) is 11.5. The van der Waals surface area contributed by atoms with Gasteiger partial charge in [-0.2, -0.15) is 5.32 Å². The summed E-state index contributed by atoms with van der Waals surface area (Å²) in [6.45, 7) is 2.01. The van der Waals surface area contributed by atoms with Gasteiger partial charge in [-0.15, -0.1) is 4.98 Å². The summed E-state index contributed by atoms with van der Waals surface area (Å²) >= 11 is 1.45. The second kappa shape index (κ2) is 5.46. The van der Waals surface area contributed by atoms with Crippen molar-refractivity contribution < 1.29 is 14.5 Å². The topological polar surface area (TPSA) is 91.2 Å². The van der Waals surface area contributed by atoms with Crippen molar-refractivity contribution in [2.24, 2.45) is 5.73 Å². The van der Waals surface area contributed by atoms with E-state index in [1.165, 1.54) is 11.3 Å². The molecule has 0 radical (unpaired) electrons. The Labute approximate surface area is 107 Å². The van der Waals surface area contributed by atoms with Gasteiger partial charge in [0.05, 0.1) is 11.3 Å². The first-order chi connectivity index (χ1) is 8.69. The van der Waals surface area contributed by atoms with Crippen LogP contribution in [0.5, 0.6) is 0 Å². The van der Waals surface area contributed by atoms with Crippen LogP contribution in [0.1, 0.15) is 6.92 Å². The number of fused-ring (bicyclic) bond motifs is 1. The first kappa shape index (κ1) is 12.3. The van der Waals surface area contributed by atoms with Crippen LogP contribution in [0, 0.1) is 0 Å². The lowest BCUT2D eigenvalue weighted by atomic mass is 10.3. The predicted molar refractivity (Wildman–Crippen MR) is 69.6 cm³/mol. The molecule has 1 amide bonds. The number of nitrogens with two attached hydrogens (primary N) is 1. The van der Waals surface area contributed by atoms with Crippen molar-refractivity contribution in [3.63, 3.8) is 0 Å². The summed E-state index contributed by atoms with van der Waals surface area (Å²) in [6.07, 6.45) is -0.594. The average Bonchev–Trinajstić information content (AvgIpc) is 2.70. The van der Waals surface area contributed by atoms with Crippen molar-refractivity contribution in [2.45, 2.75) is 6.92 Å². The lowest BCUT2D eigenvalue weighted by Crippen LogP contribution is -2.74. The Morgan fingerprint density at radius 1 is 1.56 bits per heavy atom. The highest BCUT2D eigenvalue weighted by Gasteiger charge is 2.10. The molecule has 4 N–H and O–H groups in total. The van der Waals surface area contributed by atoms with Crippen LogP contribution < -0.4 is 16.0 Å². The maximum Gasteiger partial charge on any atom is 0.460 e. The van der Waals surface area contributed by atoms with Crippen LogP contribution in [0.3, 0.4) is 0 Å². The van der Waals surface area contributed by atoms with Gasteiger partial charge in [0.25, 0.3) is 5.13 Å². The first-order valence-electron chi connectivity index (χ1n) is 5.38. The number of nitrogens with zero attached hydrogens (tertiary/aromatic N) is 1. The van der Waals surface area contributed by atoms with Crippen LogP contribution in [0.25, 0.3) is 10.2 Å². The van der Waals surface area contributed by atoms with E-state index in [2.05, 4.69) is 15.3 Å². The molecule has 0 aliphatic carbocycles. The molecule has 0 fully saturated rings. The fourth-order valence-electron chi connectivity index (χ4n) is 1.35. The monoisotopic (exact) mass is 265 g/mol. The molecule has 0 aliphatic heterocycles. The zero-order chi connectivity index (χ0) is 13.0. The molecule has 0 spiro atoms. The zero-order valence-corrected chi connectivity index (χ0v) is 10.6. The van der Waals surface area contributed by atoms with Crippen LogP contribution in [0.4, 0.5) is 9.93 Å². The van der Waals surface area contributed by atoms with E-state index < -0.39 is 6.09 Å². The van der Waals surface area contributed by atoms with Gasteiger partial charge in [0.1, 0.15) is 5.52 Å². The molecule has 0 saturated heterocycles. The summed E-state index contributed by atoms with van der Waals surface area (Å²) in [6, 6.07) is 7.73. The van der Waals surface area contributed by atoms with E-state index in [1.807, 2.05) is 24.3 Å². The van der Waals surface area contributed by atoms with Gasteiger partial charge >= 0.3 is 12.1 Å². The Bertz CT molecular complexity index is 560. The van der Waals surface area contributed by atoms with Gasteiger partial charge in [0.15, 0.2) is 0 Å². The molecule has 0 atom stereocenters. The summed E-state index contributed by atoms with van der Waals surface area (Å²) in [7, 11) is 0. The minimum atomic E-state index is -0.594. The molecule has 0 aliphatic rings. The van der Waals surface area contributed by atoms with E-state index in [4.69, 9.17) is 10.5 Å². The Hall–Kier alpha value is -2.15. The molecular formula is C11H13N4O2S+. The average molecular weight is 265 g/mol. The minimum Gasteiger partial charge on any atom is -0.441 e. The standard InChI is InChI=1S/C11H12N4O2S/c1-2-17-11(16)15-9(12)14-10-13-7-5-3-4-6-8(7)18-10/h3-6H,2H2,1H3,(H3,12,13,14,15,16)/p+1. The second-order valence-corrected chi connectivity index (χ2v) is 4.40. The molecule has 1 heterocycles. The summed E-state index contributed by atoms with van der Waals surface area (Å²) in [4.78, 5) is 18.3. The Balaban J connectivity index is 2.14. The number of para-hydroxylation sites is 1. The van der Waals surface area contributed by atoms with Crippen LogP contribution >= 0.6 is 11.3 Å². The number of amides is 1. The molecule has 94 valence electrons. The number of ether oxygens (including phenoxy) is 1. The van der Waals surface area contributed by atoms with Crippen molar-refractivity contribution >= 4 is 38.7 Å². The minimum absolute atomic E-state index is 0.0903. The molecule has 7 heteroatoms. The molecule has 2 rings (SSSR count). The van der Waals surface area contributed by atoms with Crippen molar-refractivity contribution in [3.8, 4) is 0 Å². The lowest BCUT2D eigenvalue weighted by molar-refractivity contribution is -0.356. The molecule has 1 aromatic carbocycles. The fraction of sp³-hybridized carbons (Fsp3) is 0.182. The molecule has 18 heavy (non-hydrogen) atoms. The number of nitrogens with one attached hydrogen (secondary N) is 2. The second-order valence-electron chi connectivity index (χ2n) is 3.37. The molecule has 2 aromatic rings. The van der Waals surface area contributed by atoms with Gasteiger partial charge in [0, 0.05) is 0 Å². The van der Waals surface area contributed by atoms with Crippen molar-refractivity contribution in [2.75, 3.05) is 6.61 Å². The molecular weight excluding hydrogens is 252 g/mol. The van der Waals surface area contributed by atoms with E-state index in [0.717, 1.165) is 10.2 Å². The number of rotatable bonds is 2. The first-order valence-corrected chi connectivity index (χ1v) is 6.19. The summed E-state index contributed by atoms with van der Waals surface area (Å²) in [5, 5.41) is 2.98. The van der Waals surface area contributed by atoms with Gasteiger partial charge in [-0.05, 0) is 19.1 Å². The number of hydrogen-bond donors (Lipinski definition) is 3. The highest BCUT2D eigenvalue weighted by atomic mass is 32.1. The third-order valence-corrected chi connectivity index (χ3v) is 3.00. The van der Waals surface area contributed by atoms with Gasteiger partial charge < -0.3 is 10.5 Å². The van der Waals surface area contributed by atoms with E-state index in [-0.39, 0.29) is 5.96 Å². The maximum atomic E-state index is 11.1. The lowest BCUT2D eigenvalue weighted by Gasteiger charge is -1.98. The summed E-state index contributed by atoms with van der Waals surface area (Å²) in [5.74, 6) is 0.0903. The van der Waals surface area contributed by atoms with Crippen LogP contribution in [0.2, 0.25) is 0 Å². The van der Waals surface area contributed by atoms with Gasteiger partial charge in [-0.25, -0.2) is 9.79 Å². The number of alkyl carbamates (subject to hydrolysis) is 1. The highest BCUT2D eigenvalue weighted by Crippen LogP contribution is 2.21.